The van der Waals surface area contributed by atoms with Gasteiger partial charge in [-0.1, -0.05) is 0 Å². The maximum Gasteiger partial charge on any atom is 0.295 e. The molecule has 2 N–H and O–H groups in total. The highest BCUT2D eigenvalue weighted by atomic mass is 16.6. The molecular weight excluding hydrogens is 276 g/mol. The van der Waals surface area contributed by atoms with Crippen molar-refractivity contribution in [2.75, 3.05) is 38.9 Å². The zero-order valence-corrected chi connectivity index (χ0v) is 12.8. The average molecular weight is 296 g/mol. The van der Waals surface area contributed by atoms with Crippen LogP contribution in [0.2, 0.25) is 0 Å². The number of rotatable bonds is 5. The number of hydrogen-bond donors (Lipinski definition) is 1. The fraction of sp³-hybridized carbons (Fsp3) is 0.462. The van der Waals surface area contributed by atoms with Crippen LogP contribution in [-0.2, 0) is 4.79 Å². The SMILES string of the molecule is COc1cc(N(C)C(=O)C(C)N(C)C)c([N+](=O)[O-])cc1N. The molecule has 0 bridgehead atoms. The van der Waals surface area contributed by atoms with Crippen LogP contribution in [0, 0.1) is 10.1 Å². The van der Waals surface area contributed by atoms with Crippen LogP contribution < -0.4 is 15.4 Å². The highest BCUT2D eigenvalue weighted by Crippen LogP contribution is 2.36. The van der Waals surface area contributed by atoms with Crippen molar-refractivity contribution in [1.82, 2.24) is 4.90 Å². The standard InChI is InChI=1S/C13H20N4O4/c1-8(15(2)3)13(18)16(4)10-7-12(21-5)9(14)6-11(10)17(19)20/h6-8H,14H2,1-5H3. The van der Waals surface area contributed by atoms with E-state index in [2.05, 4.69) is 0 Å². The molecule has 0 saturated carbocycles. The summed E-state index contributed by atoms with van der Waals surface area (Å²) in [4.78, 5) is 25.9. The van der Waals surface area contributed by atoms with E-state index in [0.29, 0.717) is 0 Å². The topological polar surface area (TPSA) is 102 Å². The summed E-state index contributed by atoms with van der Waals surface area (Å²) >= 11 is 0. The second-order valence-corrected chi connectivity index (χ2v) is 4.88. The van der Waals surface area contributed by atoms with E-state index in [1.54, 1.807) is 25.9 Å². The maximum absolute atomic E-state index is 12.3. The number of nitrogen functional groups attached to an aromatic ring is 1. The minimum Gasteiger partial charge on any atom is -0.495 e. The zero-order valence-electron chi connectivity index (χ0n) is 12.8. The molecule has 0 heterocycles. The number of benzene rings is 1. The highest BCUT2D eigenvalue weighted by molar-refractivity contribution is 5.99. The minimum atomic E-state index is -0.574. The first-order chi connectivity index (χ1) is 9.70. The van der Waals surface area contributed by atoms with Crippen LogP contribution in [0.3, 0.4) is 0 Å². The van der Waals surface area contributed by atoms with Crippen molar-refractivity contribution in [3.05, 3.63) is 22.2 Å². The first kappa shape index (κ1) is 16.7. The third kappa shape index (κ3) is 3.40. The Balaban J connectivity index is 3.33. The van der Waals surface area contributed by atoms with Crippen LogP contribution >= 0.6 is 0 Å². The van der Waals surface area contributed by atoms with Crippen molar-refractivity contribution in [2.45, 2.75) is 13.0 Å². The summed E-state index contributed by atoms with van der Waals surface area (Å²) in [6, 6.07) is 2.17. The minimum absolute atomic E-state index is 0.143. The van der Waals surface area contributed by atoms with Crippen LogP contribution in [0.15, 0.2) is 12.1 Å². The van der Waals surface area contributed by atoms with E-state index in [1.165, 1.54) is 31.2 Å². The summed E-state index contributed by atoms with van der Waals surface area (Å²) in [5.41, 5.74) is 5.73. The van der Waals surface area contributed by atoms with E-state index >= 15 is 0 Å². The molecule has 1 unspecified atom stereocenters. The molecule has 116 valence electrons. The third-order valence-electron chi connectivity index (χ3n) is 3.35. The molecule has 8 heteroatoms. The van der Waals surface area contributed by atoms with Crippen molar-refractivity contribution in [3.63, 3.8) is 0 Å². The Hall–Kier alpha value is -2.35. The lowest BCUT2D eigenvalue weighted by molar-refractivity contribution is -0.384. The molecular formula is C13H20N4O4. The quantitative estimate of drug-likeness (QED) is 0.496. The number of nitrogens with two attached hydrogens (primary N) is 1. The molecule has 0 aromatic heterocycles. The molecule has 0 saturated heterocycles. The molecule has 0 spiro atoms. The van der Waals surface area contributed by atoms with Gasteiger partial charge in [-0.25, -0.2) is 0 Å². The van der Waals surface area contributed by atoms with Gasteiger partial charge in [-0.15, -0.1) is 0 Å². The molecule has 1 amide bonds. The number of carbonyl (C=O) groups excluding carboxylic acids is 1. The van der Waals surface area contributed by atoms with E-state index in [-0.39, 0.29) is 28.7 Å². The second kappa shape index (κ2) is 6.40. The third-order valence-corrected chi connectivity index (χ3v) is 3.35. The number of carbonyl (C=O) groups is 1. The lowest BCUT2D eigenvalue weighted by Gasteiger charge is -2.25. The normalized spacial score (nSPS) is 12.1. The Morgan fingerprint density at radius 2 is 1.95 bits per heavy atom. The molecule has 0 fully saturated rings. The van der Waals surface area contributed by atoms with Gasteiger partial charge in [0.05, 0.1) is 23.8 Å². The molecule has 0 aliphatic carbocycles. The van der Waals surface area contributed by atoms with Gasteiger partial charge in [0.1, 0.15) is 11.4 Å². The Morgan fingerprint density at radius 3 is 2.38 bits per heavy atom. The first-order valence-electron chi connectivity index (χ1n) is 6.26. The van der Waals surface area contributed by atoms with Gasteiger partial charge >= 0.3 is 0 Å². The summed E-state index contributed by atoms with van der Waals surface area (Å²) < 4.78 is 5.06. The fourth-order valence-electron chi connectivity index (χ4n) is 1.79. The van der Waals surface area contributed by atoms with Gasteiger partial charge in [-0.05, 0) is 21.0 Å². The van der Waals surface area contributed by atoms with Crippen molar-refractivity contribution >= 4 is 23.0 Å². The number of methoxy groups -OCH3 is 1. The van der Waals surface area contributed by atoms with Gasteiger partial charge in [0.2, 0.25) is 5.91 Å². The summed E-state index contributed by atoms with van der Waals surface area (Å²) in [5.74, 6) is 0.0164. The predicted octanol–water partition coefficient (Wildman–Crippen LogP) is 1.10. The van der Waals surface area contributed by atoms with Gasteiger partial charge in [0.25, 0.3) is 5.69 Å². The van der Waals surface area contributed by atoms with Crippen LogP contribution in [0.4, 0.5) is 17.1 Å². The number of nitro groups is 1. The van der Waals surface area contributed by atoms with Crippen LogP contribution in [-0.4, -0.2) is 50.0 Å². The van der Waals surface area contributed by atoms with Gasteiger partial charge in [0.15, 0.2) is 0 Å². The average Bonchev–Trinajstić information content (AvgIpc) is 2.44. The number of nitro benzene ring substituents is 1. The van der Waals surface area contributed by atoms with Crippen molar-refractivity contribution in [1.29, 1.82) is 0 Å². The molecule has 0 aliphatic rings. The Bertz CT molecular complexity index is 559. The van der Waals surface area contributed by atoms with E-state index < -0.39 is 11.0 Å². The van der Waals surface area contributed by atoms with E-state index in [1.807, 2.05) is 0 Å². The number of nitrogens with zero attached hydrogens (tertiary/aromatic N) is 3. The lowest BCUT2D eigenvalue weighted by Crippen LogP contribution is -2.42. The first-order valence-corrected chi connectivity index (χ1v) is 6.26. The Labute approximate surface area is 123 Å². The summed E-state index contributed by atoms with van der Waals surface area (Å²) in [7, 11) is 6.41. The predicted molar refractivity (Wildman–Crippen MR) is 80.6 cm³/mol. The van der Waals surface area contributed by atoms with Crippen LogP contribution in [0.25, 0.3) is 0 Å². The van der Waals surface area contributed by atoms with E-state index in [9.17, 15) is 14.9 Å². The molecule has 8 nitrogen and oxygen atoms in total. The van der Waals surface area contributed by atoms with Crippen LogP contribution in [0.5, 0.6) is 5.75 Å². The van der Waals surface area contributed by atoms with E-state index in [4.69, 9.17) is 10.5 Å². The number of amides is 1. The Kier molecular flexibility index (Phi) is 5.09. The summed E-state index contributed by atoms with van der Waals surface area (Å²) in [6.07, 6.45) is 0. The molecule has 1 rings (SSSR count). The molecule has 0 radical (unpaired) electrons. The van der Waals surface area contributed by atoms with Crippen molar-refractivity contribution in [3.8, 4) is 5.75 Å². The molecule has 1 aromatic carbocycles. The smallest absolute Gasteiger partial charge is 0.295 e. The Morgan fingerprint density at radius 1 is 1.38 bits per heavy atom. The molecule has 21 heavy (non-hydrogen) atoms. The van der Waals surface area contributed by atoms with Crippen molar-refractivity contribution < 1.29 is 14.5 Å². The summed E-state index contributed by atoms with van der Waals surface area (Å²) in [6.45, 7) is 1.72. The van der Waals surface area contributed by atoms with Gasteiger partial charge in [-0.2, -0.15) is 0 Å². The largest absolute Gasteiger partial charge is 0.495 e. The highest BCUT2D eigenvalue weighted by Gasteiger charge is 2.27. The molecule has 1 atom stereocenters. The number of anilines is 2. The number of hydrogen-bond acceptors (Lipinski definition) is 6. The van der Waals surface area contributed by atoms with Crippen molar-refractivity contribution in [2.24, 2.45) is 0 Å². The molecule has 0 aliphatic heterocycles. The fourth-order valence-corrected chi connectivity index (χ4v) is 1.79. The van der Waals surface area contributed by atoms with E-state index in [0.717, 1.165) is 0 Å². The second-order valence-electron chi connectivity index (χ2n) is 4.88. The lowest BCUT2D eigenvalue weighted by atomic mass is 10.2. The monoisotopic (exact) mass is 296 g/mol. The van der Waals surface area contributed by atoms with Gasteiger partial charge in [-0.3, -0.25) is 19.8 Å². The zero-order chi connectivity index (χ0) is 16.3. The van der Waals surface area contributed by atoms with Gasteiger partial charge < -0.3 is 15.4 Å². The maximum atomic E-state index is 12.3. The summed E-state index contributed by atoms with van der Waals surface area (Å²) in [5, 5.41) is 11.2. The molecule has 1 aromatic rings. The number of likely N-dealkylation sites (N-methyl/N-ethyl adjacent to an activating group) is 2. The number of ether oxygens (including phenoxy) is 1. The van der Waals surface area contributed by atoms with Crippen LogP contribution in [0.1, 0.15) is 6.92 Å². The van der Waals surface area contributed by atoms with Gasteiger partial charge in [0, 0.05) is 19.2 Å².